The van der Waals surface area contributed by atoms with Gasteiger partial charge in [-0.25, -0.2) is 9.97 Å². The van der Waals surface area contributed by atoms with Gasteiger partial charge in [-0.2, -0.15) is 13.2 Å². The summed E-state index contributed by atoms with van der Waals surface area (Å²) in [6.07, 6.45) is -2.64. The van der Waals surface area contributed by atoms with Crippen molar-refractivity contribution in [3.05, 3.63) is 18.1 Å². The summed E-state index contributed by atoms with van der Waals surface area (Å²) in [6, 6.07) is 0. The molecule has 0 aromatic carbocycles. The zero-order valence-corrected chi connectivity index (χ0v) is 7.09. The van der Waals surface area contributed by atoms with E-state index in [1.54, 1.807) is 0 Å². The average molecular weight is 205 g/mol. The molecule has 0 radical (unpaired) electrons. The summed E-state index contributed by atoms with van der Waals surface area (Å²) in [5.74, 6) is -1.21. The Balaban J connectivity index is 3.10. The lowest BCUT2D eigenvalue weighted by Crippen LogP contribution is -2.16. The van der Waals surface area contributed by atoms with Gasteiger partial charge >= 0.3 is 6.18 Å². The minimum Gasteiger partial charge on any atom is -0.309 e. The summed E-state index contributed by atoms with van der Waals surface area (Å²) >= 11 is 0. The van der Waals surface area contributed by atoms with Gasteiger partial charge in [0.25, 0.3) is 0 Å². The third-order valence-corrected chi connectivity index (χ3v) is 1.26. The molecule has 14 heavy (non-hydrogen) atoms. The van der Waals surface area contributed by atoms with Crippen LogP contribution in [0.25, 0.3) is 0 Å². The van der Waals surface area contributed by atoms with Crippen molar-refractivity contribution in [1.29, 1.82) is 0 Å². The maximum absolute atomic E-state index is 12.2. The van der Waals surface area contributed by atoms with Gasteiger partial charge < -0.3 is 5.32 Å². The number of amides is 1. The number of hydrogen-bond acceptors (Lipinski definition) is 3. The van der Waals surface area contributed by atoms with Crippen LogP contribution in [0.5, 0.6) is 0 Å². The van der Waals surface area contributed by atoms with Crippen LogP contribution in [0, 0.1) is 0 Å². The van der Waals surface area contributed by atoms with Gasteiger partial charge in [-0.05, 0) is 0 Å². The van der Waals surface area contributed by atoms with E-state index < -0.39 is 23.6 Å². The Bertz CT molecular complexity index is 350. The van der Waals surface area contributed by atoms with Crippen LogP contribution < -0.4 is 5.32 Å². The number of hydrogen-bond donors (Lipinski definition) is 1. The first-order valence-electron chi connectivity index (χ1n) is 3.57. The lowest BCUT2D eigenvalue weighted by molar-refractivity contribution is -0.140. The molecule has 1 amide bonds. The van der Waals surface area contributed by atoms with Crippen LogP contribution in [0.1, 0.15) is 12.6 Å². The van der Waals surface area contributed by atoms with Crippen molar-refractivity contribution in [2.24, 2.45) is 0 Å². The molecule has 0 aliphatic rings. The summed E-state index contributed by atoms with van der Waals surface area (Å²) in [5, 5.41) is 1.95. The van der Waals surface area contributed by atoms with E-state index in [9.17, 15) is 18.0 Å². The molecule has 7 heteroatoms. The molecule has 0 saturated heterocycles. The highest BCUT2D eigenvalue weighted by Crippen LogP contribution is 2.31. The predicted molar refractivity (Wildman–Crippen MR) is 41.3 cm³/mol. The van der Waals surface area contributed by atoms with Crippen LogP contribution in [0.3, 0.4) is 0 Å². The molecule has 0 unspecified atom stereocenters. The number of rotatable bonds is 1. The zero-order chi connectivity index (χ0) is 10.8. The standard InChI is InChI=1S/C7H6F3N3O/c1-4(14)13-6-5(7(8,9)10)11-2-3-12-6/h2-3H,1H3,(H,12,13,14). The first kappa shape index (κ1) is 10.4. The molecule has 1 N–H and O–H groups in total. The number of nitrogens with one attached hydrogen (secondary N) is 1. The first-order chi connectivity index (χ1) is 6.41. The molecule has 1 aromatic rings. The van der Waals surface area contributed by atoms with E-state index in [1.807, 2.05) is 5.32 Å². The molecule has 1 aromatic heterocycles. The topological polar surface area (TPSA) is 54.9 Å². The summed E-state index contributed by atoms with van der Waals surface area (Å²) in [4.78, 5) is 17.0. The van der Waals surface area contributed by atoms with Gasteiger partial charge in [-0.1, -0.05) is 0 Å². The van der Waals surface area contributed by atoms with Crippen LogP contribution >= 0.6 is 0 Å². The van der Waals surface area contributed by atoms with Gasteiger partial charge in [0.05, 0.1) is 0 Å². The smallest absolute Gasteiger partial charge is 0.309 e. The molecule has 0 fully saturated rings. The summed E-state index contributed by atoms with van der Waals surface area (Å²) in [7, 11) is 0. The molecule has 0 aliphatic carbocycles. The van der Waals surface area contributed by atoms with E-state index >= 15 is 0 Å². The number of halogens is 3. The Kier molecular flexibility index (Phi) is 2.68. The molecule has 1 rings (SSSR count). The van der Waals surface area contributed by atoms with Crippen molar-refractivity contribution >= 4 is 11.7 Å². The van der Waals surface area contributed by atoms with Gasteiger partial charge in [0.2, 0.25) is 5.91 Å². The second kappa shape index (κ2) is 3.60. The molecule has 1 heterocycles. The van der Waals surface area contributed by atoms with Crippen LogP contribution in [-0.4, -0.2) is 15.9 Å². The van der Waals surface area contributed by atoms with Crippen LogP contribution in [-0.2, 0) is 11.0 Å². The third-order valence-electron chi connectivity index (χ3n) is 1.26. The predicted octanol–water partition coefficient (Wildman–Crippen LogP) is 1.45. The van der Waals surface area contributed by atoms with Gasteiger partial charge in [-0.3, -0.25) is 4.79 Å². The largest absolute Gasteiger partial charge is 0.437 e. The van der Waals surface area contributed by atoms with Crippen molar-refractivity contribution < 1.29 is 18.0 Å². The molecule has 0 aliphatic heterocycles. The highest BCUT2D eigenvalue weighted by atomic mass is 19.4. The van der Waals surface area contributed by atoms with Crippen molar-refractivity contribution in [3.63, 3.8) is 0 Å². The quantitative estimate of drug-likeness (QED) is 0.754. The second-order valence-corrected chi connectivity index (χ2v) is 2.43. The number of aromatic nitrogens is 2. The molecule has 4 nitrogen and oxygen atoms in total. The minimum absolute atomic E-state index is 0.576. The molecule has 0 saturated carbocycles. The first-order valence-corrected chi connectivity index (χ1v) is 3.57. The Hall–Kier alpha value is -1.66. The third kappa shape index (κ3) is 2.41. The monoisotopic (exact) mass is 205 g/mol. The Morgan fingerprint density at radius 3 is 2.43 bits per heavy atom. The number of anilines is 1. The Morgan fingerprint density at radius 2 is 1.93 bits per heavy atom. The molecular formula is C7H6F3N3O. The van der Waals surface area contributed by atoms with Crippen LogP contribution in [0.15, 0.2) is 12.4 Å². The Morgan fingerprint density at radius 1 is 1.36 bits per heavy atom. The SMILES string of the molecule is CC(=O)Nc1nccnc1C(F)(F)F. The molecule has 0 bridgehead atoms. The maximum Gasteiger partial charge on any atom is 0.437 e. The average Bonchev–Trinajstić information content (AvgIpc) is 2.01. The van der Waals surface area contributed by atoms with E-state index in [1.165, 1.54) is 0 Å². The zero-order valence-electron chi connectivity index (χ0n) is 7.09. The normalized spacial score (nSPS) is 11.1. The highest BCUT2D eigenvalue weighted by Gasteiger charge is 2.36. The highest BCUT2D eigenvalue weighted by molar-refractivity contribution is 5.88. The summed E-state index contributed by atoms with van der Waals surface area (Å²) < 4.78 is 36.7. The molecule has 0 atom stereocenters. The summed E-state index contributed by atoms with van der Waals surface area (Å²) in [6.45, 7) is 1.09. The van der Waals surface area contributed by atoms with Gasteiger partial charge in [0.1, 0.15) is 0 Å². The Labute approximate surface area is 77.2 Å². The number of alkyl halides is 3. The molecule has 76 valence electrons. The fourth-order valence-electron chi connectivity index (χ4n) is 0.804. The van der Waals surface area contributed by atoms with E-state index in [0.717, 1.165) is 19.3 Å². The minimum atomic E-state index is -4.62. The van der Waals surface area contributed by atoms with E-state index in [4.69, 9.17) is 0 Å². The van der Waals surface area contributed by atoms with Gasteiger partial charge in [0, 0.05) is 19.3 Å². The number of carbonyl (C=O) groups excluding carboxylic acids is 1. The van der Waals surface area contributed by atoms with Crippen molar-refractivity contribution in [1.82, 2.24) is 9.97 Å². The lowest BCUT2D eigenvalue weighted by Gasteiger charge is -2.09. The number of nitrogens with zero attached hydrogens (tertiary/aromatic N) is 2. The molecule has 0 spiro atoms. The molecular weight excluding hydrogens is 199 g/mol. The van der Waals surface area contributed by atoms with Gasteiger partial charge in [-0.15, -0.1) is 0 Å². The van der Waals surface area contributed by atoms with Crippen molar-refractivity contribution in [2.45, 2.75) is 13.1 Å². The fourth-order valence-corrected chi connectivity index (χ4v) is 0.804. The second-order valence-electron chi connectivity index (χ2n) is 2.43. The van der Waals surface area contributed by atoms with Crippen LogP contribution in [0.4, 0.5) is 19.0 Å². The van der Waals surface area contributed by atoms with E-state index in [-0.39, 0.29) is 0 Å². The number of carbonyl (C=O) groups is 1. The lowest BCUT2D eigenvalue weighted by atomic mass is 10.4. The van der Waals surface area contributed by atoms with Gasteiger partial charge in [0.15, 0.2) is 11.5 Å². The maximum atomic E-state index is 12.2. The van der Waals surface area contributed by atoms with Crippen molar-refractivity contribution in [2.75, 3.05) is 5.32 Å². The fraction of sp³-hybridized carbons (Fsp3) is 0.286. The van der Waals surface area contributed by atoms with Crippen LogP contribution in [0.2, 0.25) is 0 Å². The summed E-state index contributed by atoms with van der Waals surface area (Å²) in [5.41, 5.74) is -1.20. The van der Waals surface area contributed by atoms with Crippen molar-refractivity contribution in [3.8, 4) is 0 Å². The van der Waals surface area contributed by atoms with E-state index in [2.05, 4.69) is 9.97 Å². The van der Waals surface area contributed by atoms with E-state index in [0.29, 0.717) is 0 Å².